The van der Waals surface area contributed by atoms with Crippen LogP contribution in [0.4, 0.5) is 0 Å². The number of allylic oxidation sites excluding steroid dienone is 2. The predicted octanol–water partition coefficient (Wildman–Crippen LogP) is 7.20. The van der Waals surface area contributed by atoms with Gasteiger partial charge in [-0.25, -0.2) is 0 Å². The summed E-state index contributed by atoms with van der Waals surface area (Å²) >= 11 is 0. The summed E-state index contributed by atoms with van der Waals surface area (Å²) in [6.45, 7) is 14.7. The van der Waals surface area contributed by atoms with Crippen LogP contribution in [-0.2, 0) is 6.42 Å². The lowest BCUT2D eigenvalue weighted by Crippen LogP contribution is -2.16. The lowest BCUT2D eigenvalue weighted by Gasteiger charge is -2.16. The summed E-state index contributed by atoms with van der Waals surface area (Å²) in [7, 11) is 1.69. The second kappa shape index (κ2) is 18.5. The van der Waals surface area contributed by atoms with Crippen molar-refractivity contribution >= 4 is 0 Å². The van der Waals surface area contributed by atoms with Crippen LogP contribution in [0.25, 0.3) is 0 Å². The number of aliphatic hydroxyl groups is 1. The molecule has 2 heteroatoms. The fourth-order valence-corrected chi connectivity index (χ4v) is 2.31. The molecule has 1 aromatic carbocycles. The van der Waals surface area contributed by atoms with Crippen molar-refractivity contribution in [3.8, 4) is 5.75 Å². The minimum atomic E-state index is -0.167. The Kier molecular flexibility index (Phi) is 19.2. The topological polar surface area (TPSA) is 29.5 Å². The first-order chi connectivity index (χ1) is 12.5. The van der Waals surface area contributed by atoms with Crippen LogP contribution in [0.3, 0.4) is 0 Å². The van der Waals surface area contributed by atoms with Gasteiger partial charge in [-0.3, -0.25) is 0 Å². The third-order valence-corrected chi connectivity index (χ3v) is 4.22. The van der Waals surface area contributed by atoms with Gasteiger partial charge in [0.1, 0.15) is 5.75 Å². The van der Waals surface area contributed by atoms with E-state index in [-0.39, 0.29) is 6.10 Å². The molecule has 0 aromatic heterocycles. The fraction of sp³-hybridized carbons (Fsp3) is 0.667. The third-order valence-electron chi connectivity index (χ3n) is 4.22. The van der Waals surface area contributed by atoms with E-state index in [0.717, 1.165) is 37.9 Å². The van der Waals surface area contributed by atoms with Crippen LogP contribution in [0, 0.1) is 5.92 Å². The Hall–Kier alpha value is -1.28. The van der Waals surface area contributed by atoms with E-state index in [1.807, 2.05) is 26.0 Å². The van der Waals surface area contributed by atoms with Crippen molar-refractivity contribution in [2.24, 2.45) is 5.92 Å². The van der Waals surface area contributed by atoms with E-state index < -0.39 is 0 Å². The molecule has 0 bridgehead atoms. The molecule has 0 saturated heterocycles. The summed E-state index contributed by atoms with van der Waals surface area (Å²) in [6.07, 6.45) is 8.40. The first-order valence-corrected chi connectivity index (χ1v) is 10.4. The summed E-state index contributed by atoms with van der Waals surface area (Å²) in [5.74, 6) is 1.31. The molecule has 0 radical (unpaired) electrons. The lowest BCUT2D eigenvalue weighted by atomic mass is 9.96. The number of hydrogen-bond donors (Lipinski definition) is 1. The summed E-state index contributed by atoms with van der Waals surface area (Å²) in [6, 6.07) is 8.26. The highest BCUT2D eigenvalue weighted by molar-refractivity contribution is 5.27. The van der Waals surface area contributed by atoms with Crippen LogP contribution in [0.1, 0.15) is 86.1 Å². The Morgan fingerprint density at radius 2 is 1.65 bits per heavy atom. The zero-order valence-electron chi connectivity index (χ0n) is 18.6. The van der Waals surface area contributed by atoms with Gasteiger partial charge in [-0.15, -0.1) is 0 Å². The van der Waals surface area contributed by atoms with E-state index in [4.69, 9.17) is 4.74 Å². The van der Waals surface area contributed by atoms with Gasteiger partial charge in [-0.2, -0.15) is 0 Å². The second-order valence-corrected chi connectivity index (χ2v) is 6.64. The minimum Gasteiger partial charge on any atom is -0.497 e. The van der Waals surface area contributed by atoms with Crippen LogP contribution in [-0.4, -0.2) is 18.3 Å². The number of hydrogen-bond acceptors (Lipinski definition) is 2. The van der Waals surface area contributed by atoms with Crippen molar-refractivity contribution in [1.82, 2.24) is 0 Å². The van der Waals surface area contributed by atoms with Crippen LogP contribution >= 0.6 is 0 Å². The Morgan fingerprint density at radius 1 is 1.12 bits per heavy atom. The van der Waals surface area contributed by atoms with E-state index in [2.05, 4.69) is 52.8 Å². The van der Waals surface area contributed by atoms with E-state index in [9.17, 15) is 5.11 Å². The number of aliphatic hydroxyl groups excluding tert-OH is 1. The predicted molar refractivity (Wildman–Crippen MR) is 117 cm³/mol. The monoisotopic (exact) mass is 364 g/mol. The third kappa shape index (κ3) is 13.9. The van der Waals surface area contributed by atoms with Gasteiger partial charge in [0, 0.05) is 0 Å². The highest BCUT2D eigenvalue weighted by Gasteiger charge is 2.11. The Balaban J connectivity index is 0. The molecular weight excluding hydrogens is 320 g/mol. The molecule has 0 aliphatic rings. The number of methoxy groups -OCH3 is 1. The van der Waals surface area contributed by atoms with Gasteiger partial charge in [0.2, 0.25) is 0 Å². The average molecular weight is 365 g/mol. The molecule has 2 atom stereocenters. The highest BCUT2D eigenvalue weighted by atomic mass is 16.5. The molecule has 0 amide bonds. The molecule has 0 heterocycles. The van der Waals surface area contributed by atoms with Crippen LogP contribution in [0.15, 0.2) is 35.9 Å². The highest BCUT2D eigenvalue weighted by Crippen LogP contribution is 2.17. The fourth-order valence-electron chi connectivity index (χ4n) is 2.31. The zero-order chi connectivity index (χ0) is 20.4. The van der Waals surface area contributed by atoms with Crippen molar-refractivity contribution in [1.29, 1.82) is 0 Å². The van der Waals surface area contributed by atoms with Gasteiger partial charge in [-0.05, 0) is 56.2 Å². The van der Waals surface area contributed by atoms with Gasteiger partial charge in [0.25, 0.3) is 0 Å². The van der Waals surface area contributed by atoms with Gasteiger partial charge in [0.15, 0.2) is 0 Å². The van der Waals surface area contributed by atoms with Crippen molar-refractivity contribution < 1.29 is 9.84 Å². The summed E-state index contributed by atoms with van der Waals surface area (Å²) in [5, 5.41) is 9.98. The molecule has 1 N–H and O–H groups in total. The standard InChI is InChI=1S/C19H30O2.C3H8.C2H6/c1-5-16(3)19(20)14-9-15(2)7-6-8-17-10-12-18(21-4)13-11-17;1-3-2;1-2/h7,10-13,16,19-20H,5-6,8-9,14H2,1-4H3;3H2,1-2H3;1-2H3/b15-7+;;/t16?,19-;;/m1../s1. The maximum atomic E-state index is 9.98. The smallest absolute Gasteiger partial charge is 0.118 e. The molecule has 1 unspecified atom stereocenters. The molecule has 0 saturated carbocycles. The molecule has 26 heavy (non-hydrogen) atoms. The SMILES string of the molecule is CC.CCC.CCC(C)[C@H](O)CC/C(C)=C/CCc1ccc(OC)cc1. The Bertz CT molecular complexity index is 434. The molecule has 152 valence electrons. The maximum absolute atomic E-state index is 9.98. The van der Waals surface area contributed by atoms with E-state index >= 15 is 0 Å². The summed E-state index contributed by atoms with van der Waals surface area (Å²) in [4.78, 5) is 0. The lowest BCUT2D eigenvalue weighted by molar-refractivity contribution is 0.106. The van der Waals surface area contributed by atoms with Crippen molar-refractivity contribution in [2.75, 3.05) is 7.11 Å². The molecule has 0 spiro atoms. The summed E-state index contributed by atoms with van der Waals surface area (Å²) < 4.78 is 5.16. The second-order valence-electron chi connectivity index (χ2n) is 6.64. The van der Waals surface area contributed by atoms with Crippen LogP contribution < -0.4 is 4.74 Å². The Labute approximate surface area is 163 Å². The number of ether oxygens (including phenoxy) is 1. The minimum absolute atomic E-state index is 0.167. The van der Waals surface area contributed by atoms with E-state index in [0.29, 0.717) is 5.92 Å². The van der Waals surface area contributed by atoms with Crippen molar-refractivity contribution in [2.45, 2.75) is 93.1 Å². The molecule has 1 aromatic rings. The van der Waals surface area contributed by atoms with Crippen LogP contribution in [0.5, 0.6) is 5.75 Å². The maximum Gasteiger partial charge on any atom is 0.118 e. The van der Waals surface area contributed by atoms with E-state index in [1.54, 1.807) is 7.11 Å². The number of rotatable bonds is 9. The van der Waals surface area contributed by atoms with Crippen LogP contribution in [0.2, 0.25) is 0 Å². The largest absolute Gasteiger partial charge is 0.497 e. The van der Waals surface area contributed by atoms with Gasteiger partial charge < -0.3 is 9.84 Å². The number of aryl methyl sites for hydroxylation is 1. The molecule has 0 aliphatic heterocycles. The van der Waals surface area contributed by atoms with Gasteiger partial charge in [-0.1, -0.05) is 78.2 Å². The molecule has 0 fully saturated rings. The quantitative estimate of drug-likeness (QED) is 0.469. The zero-order valence-corrected chi connectivity index (χ0v) is 18.6. The van der Waals surface area contributed by atoms with Gasteiger partial charge in [0.05, 0.1) is 13.2 Å². The van der Waals surface area contributed by atoms with Crippen molar-refractivity contribution in [3.63, 3.8) is 0 Å². The average Bonchev–Trinajstić information content (AvgIpc) is 2.68. The Morgan fingerprint density at radius 3 is 2.12 bits per heavy atom. The molecule has 1 rings (SSSR count). The molecule has 2 nitrogen and oxygen atoms in total. The van der Waals surface area contributed by atoms with Crippen molar-refractivity contribution in [3.05, 3.63) is 41.5 Å². The molecule has 0 aliphatic carbocycles. The van der Waals surface area contributed by atoms with E-state index in [1.165, 1.54) is 17.6 Å². The number of benzene rings is 1. The first-order valence-electron chi connectivity index (χ1n) is 10.4. The molecular formula is C24H44O2. The summed E-state index contributed by atoms with van der Waals surface area (Å²) in [5.41, 5.74) is 2.71. The normalized spacial score (nSPS) is 12.9. The first kappa shape index (κ1) is 26.9. The van der Waals surface area contributed by atoms with Gasteiger partial charge >= 0.3 is 0 Å².